The number of anilines is 3. The van der Waals surface area contributed by atoms with Crippen LogP contribution in [-0.2, 0) is 12.8 Å². The van der Waals surface area contributed by atoms with Gasteiger partial charge in [0, 0.05) is 75.6 Å². The van der Waals surface area contributed by atoms with Gasteiger partial charge in [-0.2, -0.15) is 0 Å². The van der Waals surface area contributed by atoms with E-state index in [-0.39, 0.29) is 12.2 Å². The van der Waals surface area contributed by atoms with Crippen LogP contribution in [0.1, 0.15) is 45.7 Å². The van der Waals surface area contributed by atoms with Gasteiger partial charge in [-0.3, -0.25) is 0 Å². The second kappa shape index (κ2) is 17.4. The number of aryl methyl sites for hydroxylation is 1. The van der Waals surface area contributed by atoms with Gasteiger partial charge in [-0.05, 0) is 137 Å². The average Bonchev–Trinajstić information content (AvgIpc) is 3.89. The zero-order valence-corrected chi connectivity index (χ0v) is 40.7. The quantitative estimate of drug-likeness (QED) is 0.129. The van der Waals surface area contributed by atoms with Crippen LogP contribution in [0.15, 0.2) is 237 Å². The summed E-state index contributed by atoms with van der Waals surface area (Å²) in [4.78, 5) is 2.38. The smallest absolute Gasteiger partial charge is 0.128 e. The van der Waals surface area contributed by atoms with Gasteiger partial charge in [0.05, 0.1) is 22.2 Å². The van der Waals surface area contributed by atoms with Crippen LogP contribution in [0.25, 0.3) is 66.3 Å². The first kappa shape index (κ1) is 42.8. The maximum absolute atomic E-state index is 6.81. The van der Waals surface area contributed by atoms with E-state index in [0.29, 0.717) is 0 Å². The highest BCUT2D eigenvalue weighted by Gasteiger charge is 2.30. The molecule has 5 heteroatoms. The number of rotatable bonds is 11. The highest BCUT2D eigenvalue weighted by molar-refractivity contribution is 6.10. The van der Waals surface area contributed by atoms with Gasteiger partial charge in [-0.15, -0.1) is 0 Å². The molecule has 12 aromatic rings. The van der Waals surface area contributed by atoms with Crippen LogP contribution in [0.4, 0.5) is 17.1 Å². The van der Waals surface area contributed by atoms with Gasteiger partial charge in [-0.25, -0.2) is 0 Å². The number of hydrogen-bond donors (Lipinski definition) is 0. The van der Waals surface area contributed by atoms with Crippen LogP contribution >= 0.6 is 0 Å². The summed E-state index contributed by atoms with van der Waals surface area (Å²) >= 11 is 0. The molecule has 2 aliphatic carbocycles. The van der Waals surface area contributed by atoms with Crippen molar-refractivity contribution in [2.75, 3.05) is 4.90 Å². The van der Waals surface area contributed by atoms with Crippen molar-refractivity contribution in [3.63, 3.8) is 0 Å². The maximum atomic E-state index is 6.81. The van der Waals surface area contributed by atoms with Crippen LogP contribution in [0.2, 0.25) is 0 Å². The maximum Gasteiger partial charge on any atom is 0.128 e. The summed E-state index contributed by atoms with van der Waals surface area (Å²) in [5.74, 6) is 1.61. The molecule has 5 nitrogen and oxygen atoms in total. The molecule has 0 fully saturated rings. The molecule has 2 unspecified atom stereocenters. The molecule has 0 aliphatic heterocycles. The molecule has 0 amide bonds. The summed E-state index contributed by atoms with van der Waals surface area (Å²) < 4.78 is 18.4. The van der Waals surface area contributed by atoms with Crippen molar-refractivity contribution in [3.8, 4) is 45.1 Å². The normalized spacial score (nSPS) is 14.6. The molecule has 2 heterocycles. The fourth-order valence-corrected chi connectivity index (χ4v) is 11.5. The van der Waals surface area contributed by atoms with E-state index >= 15 is 0 Å². The second-order valence-corrected chi connectivity index (χ2v) is 19.6. The molecule has 2 atom stereocenters. The molecule has 0 saturated heterocycles. The van der Waals surface area contributed by atoms with Gasteiger partial charge < -0.3 is 23.5 Å². The average molecular weight is 942 g/mol. The minimum Gasteiger partial charge on any atom is -0.485 e. The van der Waals surface area contributed by atoms with E-state index in [1.54, 1.807) is 0 Å². The minimum absolute atomic E-state index is 0.00741. The van der Waals surface area contributed by atoms with Crippen molar-refractivity contribution in [2.45, 2.75) is 38.9 Å². The highest BCUT2D eigenvalue weighted by Crippen LogP contribution is 2.44. The first-order chi connectivity index (χ1) is 36.0. The number of fused-ring (bicyclic) bond motifs is 6. The zero-order chi connectivity index (χ0) is 48.6. The Balaban J connectivity index is 0.838. The molecule has 0 spiro atoms. The number of para-hydroxylation sites is 2. The lowest BCUT2D eigenvalue weighted by molar-refractivity contribution is 0.170. The van der Waals surface area contributed by atoms with E-state index in [9.17, 15) is 0 Å². The lowest BCUT2D eigenvalue weighted by Crippen LogP contribution is -2.23. The Morgan fingerprint density at radius 1 is 0.370 bits per heavy atom. The molecule has 0 bridgehead atoms. The summed E-state index contributed by atoms with van der Waals surface area (Å²) in [6.07, 6.45) is 1.80. The van der Waals surface area contributed by atoms with Crippen molar-refractivity contribution >= 4 is 49.8 Å². The molecular formula is C68H51N3O2. The van der Waals surface area contributed by atoms with Gasteiger partial charge >= 0.3 is 0 Å². The van der Waals surface area contributed by atoms with E-state index in [4.69, 9.17) is 9.47 Å². The Morgan fingerprint density at radius 3 is 1.51 bits per heavy atom. The van der Waals surface area contributed by atoms with Gasteiger partial charge in [0.2, 0.25) is 0 Å². The molecule has 0 saturated carbocycles. The Kier molecular flexibility index (Phi) is 10.2. The first-order valence-corrected chi connectivity index (χ1v) is 25.4. The molecule has 0 radical (unpaired) electrons. The third-order valence-electron chi connectivity index (χ3n) is 15.4. The van der Waals surface area contributed by atoms with Crippen LogP contribution in [0, 0.1) is 13.8 Å². The van der Waals surface area contributed by atoms with E-state index in [1.807, 2.05) is 0 Å². The van der Waals surface area contributed by atoms with E-state index in [0.717, 1.165) is 69.3 Å². The molecule has 73 heavy (non-hydrogen) atoms. The molecule has 2 aliphatic rings. The van der Waals surface area contributed by atoms with E-state index in [2.05, 4.69) is 264 Å². The van der Waals surface area contributed by atoms with Crippen molar-refractivity contribution in [1.82, 2.24) is 9.13 Å². The zero-order valence-electron chi connectivity index (χ0n) is 40.7. The van der Waals surface area contributed by atoms with Gasteiger partial charge in [0.25, 0.3) is 0 Å². The third kappa shape index (κ3) is 7.38. The first-order valence-electron chi connectivity index (χ1n) is 25.4. The standard InChI is InChI=1S/C68H51N3O2/c1-44-45(2)69(52-19-7-4-8-20-52)65-36-34-55(42-62(44)65)70(53-30-25-47(26-31-53)46-15-5-3-6-16-46)54-32-27-48(28-33-54)49-29-35-66-63(37-49)61-23-13-14-24-64(61)71(66)56-40-57(72-67-38-50-17-9-11-21-59(50)67)43-58(41-56)73-68-39-51-18-10-12-22-60(51)68/h3-37,40-43,67-68H,38-39H2,1-2H3. The lowest BCUT2D eigenvalue weighted by atomic mass is 9.85. The SMILES string of the molecule is Cc1c(C)n(-c2ccccc2)c2ccc(N(c3ccc(-c4ccccc4)cc3)c3ccc(-c4ccc5c(c4)c4ccccc4n5-c4cc(OC5Cc6ccccc65)cc(OC5Cc6ccccc65)c4)cc3)cc12. The molecular weight excluding hydrogens is 891 g/mol. The van der Waals surface area contributed by atoms with Crippen molar-refractivity contribution in [2.24, 2.45) is 0 Å². The Bertz CT molecular complexity index is 3980. The van der Waals surface area contributed by atoms with Crippen molar-refractivity contribution < 1.29 is 9.47 Å². The predicted octanol–water partition coefficient (Wildman–Crippen LogP) is 17.5. The molecule has 10 aromatic carbocycles. The fourth-order valence-electron chi connectivity index (χ4n) is 11.5. The predicted molar refractivity (Wildman–Crippen MR) is 300 cm³/mol. The molecule has 350 valence electrons. The lowest BCUT2D eigenvalue weighted by Gasteiger charge is -2.32. The Labute approximate surface area is 425 Å². The third-order valence-corrected chi connectivity index (χ3v) is 15.4. The summed E-state index contributed by atoms with van der Waals surface area (Å²) in [5.41, 5.74) is 21.3. The van der Waals surface area contributed by atoms with Gasteiger partial charge in [0.15, 0.2) is 0 Å². The van der Waals surface area contributed by atoms with Gasteiger partial charge in [0.1, 0.15) is 23.7 Å². The van der Waals surface area contributed by atoms with Crippen LogP contribution in [0.3, 0.4) is 0 Å². The number of aromatic nitrogens is 2. The van der Waals surface area contributed by atoms with Gasteiger partial charge in [-0.1, -0.05) is 146 Å². The number of hydrogen-bond acceptors (Lipinski definition) is 3. The van der Waals surface area contributed by atoms with Crippen LogP contribution in [-0.4, -0.2) is 9.13 Å². The van der Waals surface area contributed by atoms with Crippen molar-refractivity contribution in [1.29, 1.82) is 0 Å². The monoisotopic (exact) mass is 941 g/mol. The summed E-state index contributed by atoms with van der Waals surface area (Å²) in [6, 6.07) is 85.4. The molecule has 2 aromatic heterocycles. The topological polar surface area (TPSA) is 31.6 Å². The summed E-state index contributed by atoms with van der Waals surface area (Å²) in [5, 5.41) is 3.62. The highest BCUT2D eigenvalue weighted by atomic mass is 16.5. The summed E-state index contributed by atoms with van der Waals surface area (Å²) in [7, 11) is 0. The van der Waals surface area contributed by atoms with Crippen LogP contribution < -0.4 is 14.4 Å². The van der Waals surface area contributed by atoms with E-state index < -0.39 is 0 Å². The van der Waals surface area contributed by atoms with E-state index in [1.165, 1.54) is 72.0 Å². The second-order valence-electron chi connectivity index (χ2n) is 19.6. The fraction of sp³-hybridized carbons (Fsp3) is 0.0882. The largest absolute Gasteiger partial charge is 0.485 e. The number of nitrogens with zero attached hydrogens (tertiary/aromatic N) is 3. The number of benzene rings is 10. The number of ether oxygens (including phenoxy) is 2. The van der Waals surface area contributed by atoms with Crippen molar-refractivity contribution in [3.05, 3.63) is 270 Å². The Morgan fingerprint density at radius 2 is 0.863 bits per heavy atom. The Hall–Kier alpha value is -9.06. The minimum atomic E-state index is 0.00741. The molecule has 14 rings (SSSR count). The van der Waals surface area contributed by atoms with Crippen LogP contribution in [0.5, 0.6) is 11.5 Å². The summed E-state index contributed by atoms with van der Waals surface area (Å²) in [6.45, 7) is 4.46. The molecule has 0 N–H and O–H groups in total.